The normalized spacial score (nSPS) is 19.5. The number of rotatable bonds is 2. The fraction of sp³-hybridized carbons (Fsp3) is 0.429. The fourth-order valence-corrected chi connectivity index (χ4v) is 2.87. The van der Waals surface area contributed by atoms with Crippen LogP contribution in [0, 0.1) is 18.3 Å². The second-order valence-corrected chi connectivity index (χ2v) is 5.56. The van der Waals surface area contributed by atoms with Crippen LogP contribution in [0.1, 0.15) is 18.4 Å². The van der Waals surface area contributed by atoms with Gasteiger partial charge in [0.15, 0.2) is 0 Å². The Morgan fingerprint density at radius 2 is 2.37 bits per heavy atom. The molecule has 1 aromatic rings. The fourth-order valence-electron chi connectivity index (χ4n) is 2.40. The highest BCUT2D eigenvalue weighted by Gasteiger charge is 2.28. The maximum atomic E-state index is 12.1. The molecule has 1 amide bonds. The van der Waals surface area contributed by atoms with Crippen molar-refractivity contribution in [2.45, 2.75) is 25.8 Å². The number of carbonyl (C=O) groups excluding carboxylic acids is 1. The third kappa shape index (κ3) is 3.07. The number of carbonyl (C=O) groups is 1. The van der Waals surface area contributed by atoms with Crippen molar-refractivity contribution in [3.8, 4) is 6.07 Å². The number of halogens is 1. The van der Waals surface area contributed by atoms with E-state index in [2.05, 4.69) is 27.3 Å². The van der Waals surface area contributed by atoms with E-state index in [1.54, 1.807) is 0 Å². The average Bonchev–Trinajstić information content (AvgIpc) is 2.54. The van der Waals surface area contributed by atoms with E-state index in [0.717, 1.165) is 28.7 Å². The summed E-state index contributed by atoms with van der Waals surface area (Å²) in [5, 5.41) is 11.8. The molecule has 0 spiro atoms. The molecule has 19 heavy (non-hydrogen) atoms. The van der Waals surface area contributed by atoms with Crippen LogP contribution in [0.3, 0.4) is 0 Å². The molecule has 4 nitrogen and oxygen atoms in total. The molecule has 0 aromatic heterocycles. The van der Waals surface area contributed by atoms with Crippen molar-refractivity contribution in [3.63, 3.8) is 0 Å². The van der Waals surface area contributed by atoms with Crippen molar-refractivity contribution in [1.82, 2.24) is 5.32 Å². The maximum Gasteiger partial charge on any atom is 0.243 e. The largest absolute Gasteiger partial charge is 0.358 e. The number of hydrogen-bond acceptors (Lipinski definition) is 3. The topological polar surface area (TPSA) is 56.1 Å². The van der Waals surface area contributed by atoms with Gasteiger partial charge < -0.3 is 10.2 Å². The summed E-state index contributed by atoms with van der Waals surface area (Å²) >= 11 is 3.44. The van der Waals surface area contributed by atoms with Crippen LogP contribution in [0.4, 0.5) is 5.69 Å². The van der Waals surface area contributed by atoms with E-state index in [1.165, 1.54) is 0 Å². The molecule has 5 heteroatoms. The number of benzene rings is 1. The summed E-state index contributed by atoms with van der Waals surface area (Å²) in [6.45, 7) is 3.48. The molecule has 1 N–H and O–H groups in total. The summed E-state index contributed by atoms with van der Waals surface area (Å²) in [7, 11) is 0. The van der Waals surface area contributed by atoms with Crippen molar-refractivity contribution in [2.24, 2.45) is 0 Å². The van der Waals surface area contributed by atoms with Crippen molar-refractivity contribution >= 4 is 27.5 Å². The number of nitrogens with one attached hydrogen (secondary N) is 1. The molecule has 0 bridgehead atoms. The quantitative estimate of drug-likeness (QED) is 0.909. The SMILES string of the molecule is Cc1cc(Br)ccc1N1CCCNC(=O)C1CC#N. The van der Waals surface area contributed by atoms with Crippen molar-refractivity contribution in [3.05, 3.63) is 28.2 Å². The summed E-state index contributed by atoms with van der Waals surface area (Å²) in [4.78, 5) is 14.1. The average molecular weight is 322 g/mol. The number of aryl methyl sites for hydroxylation is 1. The third-order valence-corrected chi connectivity index (χ3v) is 3.80. The number of amides is 1. The number of anilines is 1. The van der Waals surface area contributed by atoms with Crippen LogP contribution in [-0.2, 0) is 4.79 Å². The maximum absolute atomic E-state index is 12.1. The lowest BCUT2D eigenvalue weighted by molar-refractivity contribution is -0.121. The standard InChI is InChI=1S/C14H16BrN3O/c1-10-9-11(15)3-4-12(10)18-8-2-7-17-14(19)13(18)5-6-16/h3-4,9,13H,2,5,7-8H2,1H3,(H,17,19). The summed E-state index contributed by atoms with van der Waals surface area (Å²) in [5.41, 5.74) is 2.13. The smallest absolute Gasteiger partial charge is 0.243 e. The minimum absolute atomic E-state index is 0.0543. The van der Waals surface area contributed by atoms with Crippen LogP contribution < -0.4 is 10.2 Å². The molecule has 1 atom stereocenters. The molecular weight excluding hydrogens is 306 g/mol. The van der Waals surface area contributed by atoms with Gasteiger partial charge in [-0.05, 0) is 37.1 Å². The summed E-state index contributed by atoms with van der Waals surface area (Å²) in [6, 6.07) is 7.72. The molecular formula is C14H16BrN3O. The third-order valence-electron chi connectivity index (χ3n) is 3.31. The van der Waals surface area contributed by atoms with Gasteiger partial charge in [0.2, 0.25) is 5.91 Å². The zero-order valence-corrected chi connectivity index (χ0v) is 12.4. The molecule has 1 aromatic carbocycles. The van der Waals surface area contributed by atoms with Gasteiger partial charge in [0.25, 0.3) is 0 Å². The number of hydrogen-bond donors (Lipinski definition) is 1. The van der Waals surface area contributed by atoms with Crippen molar-refractivity contribution in [1.29, 1.82) is 5.26 Å². The second kappa shape index (κ2) is 6.07. The molecule has 1 aliphatic heterocycles. The molecule has 2 rings (SSSR count). The van der Waals surface area contributed by atoms with E-state index >= 15 is 0 Å². The summed E-state index contributed by atoms with van der Waals surface area (Å²) in [5.74, 6) is -0.0543. The lowest BCUT2D eigenvalue weighted by atomic mass is 10.1. The summed E-state index contributed by atoms with van der Waals surface area (Å²) in [6.07, 6.45) is 1.10. The zero-order valence-electron chi connectivity index (χ0n) is 10.8. The zero-order chi connectivity index (χ0) is 13.8. The Kier molecular flexibility index (Phi) is 4.43. The monoisotopic (exact) mass is 321 g/mol. The summed E-state index contributed by atoms with van der Waals surface area (Å²) < 4.78 is 1.02. The van der Waals surface area contributed by atoms with Crippen LogP contribution in [0.15, 0.2) is 22.7 Å². The first-order chi connectivity index (χ1) is 9.13. The highest BCUT2D eigenvalue weighted by Crippen LogP contribution is 2.27. The first kappa shape index (κ1) is 13.9. The van der Waals surface area contributed by atoms with Crippen LogP contribution in [0.5, 0.6) is 0 Å². The minimum atomic E-state index is -0.396. The molecule has 0 aliphatic carbocycles. The predicted octanol–water partition coefficient (Wildman–Crippen LogP) is 2.37. The van der Waals surface area contributed by atoms with Gasteiger partial charge in [-0.15, -0.1) is 0 Å². The Labute approximate surface area is 121 Å². The molecule has 0 radical (unpaired) electrons. The molecule has 0 saturated carbocycles. The van der Waals surface area contributed by atoms with Gasteiger partial charge in [0.05, 0.1) is 12.5 Å². The molecule has 1 aliphatic rings. The Morgan fingerprint density at radius 3 is 3.05 bits per heavy atom. The van der Waals surface area contributed by atoms with Crippen molar-refractivity contribution in [2.75, 3.05) is 18.0 Å². The number of nitriles is 1. The van der Waals surface area contributed by atoms with Crippen molar-refractivity contribution < 1.29 is 4.79 Å². The van der Waals surface area contributed by atoms with Crippen LogP contribution >= 0.6 is 15.9 Å². The van der Waals surface area contributed by atoms with E-state index in [4.69, 9.17) is 5.26 Å². The van der Waals surface area contributed by atoms with Gasteiger partial charge in [-0.25, -0.2) is 0 Å². The number of nitrogens with zero attached hydrogens (tertiary/aromatic N) is 2. The molecule has 1 fully saturated rings. The highest BCUT2D eigenvalue weighted by molar-refractivity contribution is 9.10. The molecule has 100 valence electrons. The molecule has 1 saturated heterocycles. The first-order valence-corrected chi connectivity index (χ1v) is 7.10. The van der Waals surface area contributed by atoms with E-state index in [0.29, 0.717) is 6.54 Å². The van der Waals surface area contributed by atoms with Crippen LogP contribution in [0.25, 0.3) is 0 Å². The Hall–Kier alpha value is -1.54. The van der Waals surface area contributed by atoms with E-state index in [1.807, 2.05) is 30.0 Å². The first-order valence-electron chi connectivity index (χ1n) is 6.31. The van der Waals surface area contributed by atoms with Gasteiger partial charge in [-0.2, -0.15) is 5.26 Å². The van der Waals surface area contributed by atoms with Gasteiger partial charge in [0.1, 0.15) is 6.04 Å². The van der Waals surface area contributed by atoms with Gasteiger partial charge in [-0.3, -0.25) is 4.79 Å². The second-order valence-electron chi connectivity index (χ2n) is 4.65. The minimum Gasteiger partial charge on any atom is -0.358 e. The van der Waals surface area contributed by atoms with Gasteiger partial charge in [-0.1, -0.05) is 15.9 Å². The highest BCUT2D eigenvalue weighted by atomic mass is 79.9. The Bertz CT molecular complexity index is 524. The lowest BCUT2D eigenvalue weighted by Gasteiger charge is -2.30. The molecule has 1 heterocycles. The lowest BCUT2D eigenvalue weighted by Crippen LogP contribution is -2.44. The molecule has 1 unspecified atom stereocenters. The van der Waals surface area contributed by atoms with E-state index < -0.39 is 6.04 Å². The predicted molar refractivity (Wildman–Crippen MR) is 77.9 cm³/mol. The van der Waals surface area contributed by atoms with E-state index in [-0.39, 0.29) is 12.3 Å². The van der Waals surface area contributed by atoms with Crippen LogP contribution in [0.2, 0.25) is 0 Å². The Balaban J connectivity index is 2.37. The van der Waals surface area contributed by atoms with Gasteiger partial charge in [0, 0.05) is 23.2 Å². The van der Waals surface area contributed by atoms with Crippen LogP contribution in [-0.4, -0.2) is 25.0 Å². The van der Waals surface area contributed by atoms with Gasteiger partial charge >= 0.3 is 0 Å². The van der Waals surface area contributed by atoms with E-state index in [9.17, 15) is 4.79 Å². The Morgan fingerprint density at radius 1 is 1.58 bits per heavy atom.